The monoisotopic (exact) mass is 311 g/mol. The number of fused-ring (bicyclic) bond motifs is 1. The molecule has 0 aliphatic carbocycles. The summed E-state index contributed by atoms with van der Waals surface area (Å²) in [6.45, 7) is 3.43. The predicted molar refractivity (Wildman–Crippen MR) is 81.7 cm³/mol. The van der Waals surface area contributed by atoms with E-state index in [1.54, 1.807) is 31.9 Å². The van der Waals surface area contributed by atoms with Crippen LogP contribution in [0, 0.1) is 5.82 Å². The summed E-state index contributed by atoms with van der Waals surface area (Å²) in [4.78, 5) is 10.0. The second kappa shape index (κ2) is 5.93. The summed E-state index contributed by atoms with van der Waals surface area (Å²) in [6, 6.07) is 4.01. The molecule has 114 valence electrons. The number of anilines is 1. The quantitative estimate of drug-likeness (QED) is 0.845. The van der Waals surface area contributed by atoms with Crippen molar-refractivity contribution in [1.82, 2.24) is 9.97 Å². The van der Waals surface area contributed by atoms with Gasteiger partial charge >= 0.3 is 0 Å². The second-order valence-electron chi connectivity index (χ2n) is 5.02. The van der Waals surface area contributed by atoms with E-state index in [1.165, 1.54) is 18.5 Å². The SMILES string of the molecule is CCS(=O)(=O)C[C@H](C)N(C)c1ncnc2ccc(F)cc12. The summed E-state index contributed by atoms with van der Waals surface area (Å²) in [5.41, 5.74) is 0.624. The minimum atomic E-state index is -3.09. The molecule has 0 spiro atoms. The third-order valence-electron chi connectivity index (χ3n) is 3.51. The lowest BCUT2D eigenvalue weighted by Crippen LogP contribution is -2.36. The highest BCUT2D eigenvalue weighted by Gasteiger charge is 2.20. The lowest BCUT2D eigenvalue weighted by molar-refractivity contribution is 0.588. The van der Waals surface area contributed by atoms with Crippen LogP contribution in [0.5, 0.6) is 0 Å². The Morgan fingerprint density at radius 1 is 1.33 bits per heavy atom. The molecule has 2 aromatic rings. The van der Waals surface area contributed by atoms with E-state index in [2.05, 4.69) is 9.97 Å². The molecule has 0 saturated heterocycles. The van der Waals surface area contributed by atoms with Crippen LogP contribution < -0.4 is 4.90 Å². The largest absolute Gasteiger partial charge is 0.355 e. The molecule has 1 heterocycles. The van der Waals surface area contributed by atoms with Crippen LogP contribution in [-0.2, 0) is 9.84 Å². The molecular weight excluding hydrogens is 293 g/mol. The molecule has 5 nitrogen and oxygen atoms in total. The van der Waals surface area contributed by atoms with Crippen molar-refractivity contribution in [2.75, 3.05) is 23.5 Å². The van der Waals surface area contributed by atoms with Crippen molar-refractivity contribution in [3.63, 3.8) is 0 Å². The zero-order chi connectivity index (χ0) is 15.6. The van der Waals surface area contributed by atoms with Gasteiger partial charge in [0.1, 0.15) is 18.0 Å². The van der Waals surface area contributed by atoms with Crippen molar-refractivity contribution in [2.45, 2.75) is 19.9 Å². The topological polar surface area (TPSA) is 63.2 Å². The van der Waals surface area contributed by atoms with E-state index in [0.717, 1.165) is 0 Å². The van der Waals surface area contributed by atoms with Crippen molar-refractivity contribution in [3.05, 3.63) is 30.3 Å². The van der Waals surface area contributed by atoms with Crippen molar-refractivity contribution < 1.29 is 12.8 Å². The summed E-state index contributed by atoms with van der Waals surface area (Å²) in [6.07, 6.45) is 1.40. The van der Waals surface area contributed by atoms with Gasteiger partial charge in [0.2, 0.25) is 0 Å². The zero-order valence-electron chi connectivity index (χ0n) is 12.2. The summed E-state index contributed by atoms with van der Waals surface area (Å²) < 4.78 is 36.9. The molecule has 0 aliphatic heterocycles. The number of hydrogen-bond acceptors (Lipinski definition) is 5. The Hall–Kier alpha value is -1.76. The molecule has 7 heteroatoms. The van der Waals surface area contributed by atoms with Crippen LogP contribution in [-0.4, -0.2) is 43.0 Å². The maximum Gasteiger partial charge on any atom is 0.152 e. The van der Waals surface area contributed by atoms with Crippen molar-refractivity contribution in [2.24, 2.45) is 0 Å². The average molecular weight is 311 g/mol. The summed E-state index contributed by atoms with van der Waals surface area (Å²) in [5, 5.41) is 0.570. The Labute approximate surface area is 123 Å². The summed E-state index contributed by atoms with van der Waals surface area (Å²) in [7, 11) is -1.34. The molecule has 0 fully saturated rings. The maximum absolute atomic E-state index is 13.4. The average Bonchev–Trinajstić information content (AvgIpc) is 2.45. The van der Waals surface area contributed by atoms with Crippen molar-refractivity contribution in [3.8, 4) is 0 Å². The molecule has 0 saturated carbocycles. The molecule has 1 aromatic carbocycles. The first-order valence-corrected chi connectivity index (χ1v) is 8.49. The smallest absolute Gasteiger partial charge is 0.152 e. The van der Waals surface area contributed by atoms with Crippen LogP contribution in [0.15, 0.2) is 24.5 Å². The molecule has 0 bridgehead atoms. The number of aromatic nitrogens is 2. The normalized spacial score (nSPS) is 13.3. The van der Waals surface area contributed by atoms with Gasteiger partial charge in [0, 0.05) is 24.2 Å². The van der Waals surface area contributed by atoms with Crippen LogP contribution in [0.25, 0.3) is 10.9 Å². The number of nitrogens with zero attached hydrogens (tertiary/aromatic N) is 3. The fourth-order valence-corrected chi connectivity index (χ4v) is 3.30. The molecule has 0 aliphatic rings. The lowest BCUT2D eigenvalue weighted by atomic mass is 10.2. The van der Waals surface area contributed by atoms with Crippen LogP contribution in [0.4, 0.5) is 10.2 Å². The molecule has 2 rings (SSSR count). The Kier molecular flexibility index (Phi) is 4.41. The Morgan fingerprint density at radius 3 is 2.71 bits per heavy atom. The van der Waals surface area contributed by atoms with Crippen LogP contribution >= 0.6 is 0 Å². The molecule has 1 atom stereocenters. The van der Waals surface area contributed by atoms with Gasteiger partial charge in [0.15, 0.2) is 9.84 Å². The molecule has 0 radical (unpaired) electrons. The van der Waals surface area contributed by atoms with E-state index >= 15 is 0 Å². The van der Waals surface area contributed by atoms with Gasteiger partial charge in [0.05, 0.1) is 11.3 Å². The highest BCUT2D eigenvalue weighted by molar-refractivity contribution is 7.91. The minimum Gasteiger partial charge on any atom is -0.355 e. The Balaban J connectivity index is 2.39. The predicted octanol–water partition coefficient (Wildman–Crippen LogP) is 2.03. The Morgan fingerprint density at radius 2 is 2.05 bits per heavy atom. The van der Waals surface area contributed by atoms with E-state index in [4.69, 9.17) is 0 Å². The molecule has 0 N–H and O–H groups in total. The van der Waals surface area contributed by atoms with Gasteiger partial charge in [-0.25, -0.2) is 22.8 Å². The Bertz CT molecular complexity index is 749. The van der Waals surface area contributed by atoms with Crippen molar-refractivity contribution >= 4 is 26.6 Å². The zero-order valence-corrected chi connectivity index (χ0v) is 13.1. The highest BCUT2D eigenvalue weighted by Crippen LogP contribution is 2.24. The van der Waals surface area contributed by atoms with Gasteiger partial charge in [-0.2, -0.15) is 0 Å². The molecule has 21 heavy (non-hydrogen) atoms. The molecule has 0 unspecified atom stereocenters. The van der Waals surface area contributed by atoms with Gasteiger partial charge in [-0.15, -0.1) is 0 Å². The number of halogens is 1. The van der Waals surface area contributed by atoms with E-state index in [-0.39, 0.29) is 23.4 Å². The van der Waals surface area contributed by atoms with E-state index in [0.29, 0.717) is 16.7 Å². The van der Waals surface area contributed by atoms with Crippen LogP contribution in [0.3, 0.4) is 0 Å². The third-order valence-corrected chi connectivity index (χ3v) is 5.38. The fraction of sp³-hybridized carbons (Fsp3) is 0.429. The molecular formula is C14H18FN3O2S. The van der Waals surface area contributed by atoms with E-state index < -0.39 is 9.84 Å². The first-order valence-electron chi connectivity index (χ1n) is 6.67. The number of sulfone groups is 1. The van der Waals surface area contributed by atoms with Gasteiger partial charge in [-0.3, -0.25) is 0 Å². The molecule has 0 amide bonds. The van der Waals surface area contributed by atoms with Gasteiger partial charge in [-0.1, -0.05) is 6.92 Å². The minimum absolute atomic E-state index is 0.0286. The first kappa shape index (κ1) is 15.6. The fourth-order valence-electron chi connectivity index (χ4n) is 2.10. The van der Waals surface area contributed by atoms with Crippen molar-refractivity contribution in [1.29, 1.82) is 0 Å². The first-order chi connectivity index (χ1) is 9.84. The second-order valence-corrected chi connectivity index (χ2v) is 7.42. The summed E-state index contributed by atoms with van der Waals surface area (Å²) >= 11 is 0. The van der Waals surface area contributed by atoms with Gasteiger partial charge in [-0.05, 0) is 25.1 Å². The van der Waals surface area contributed by atoms with E-state index in [9.17, 15) is 12.8 Å². The van der Waals surface area contributed by atoms with Gasteiger partial charge in [0.25, 0.3) is 0 Å². The summed E-state index contributed by atoms with van der Waals surface area (Å²) in [5.74, 6) is 0.282. The number of hydrogen-bond donors (Lipinski definition) is 0. The standard InChI is InChI=1S/C14H18FN3O2S/c1-4-21(19,20)8-10(2)18(3)14-12-7-11(15)5-6-13(12)16-9-17-14/h5-7,9-10H,4,8H2,1-3H3/t10-/m0/s1. The number of benzene rings is 1. The maximum atomic E-state index is 13.4. The third kappa shape index (κ3) is 3.47. The lowest BCUT2D eigenvalue weighted by Gasteiger charge is -2.26. The van der Waals surface area contributed by atoms with Crippen LogP contribution in [0.2, 0.25) is 0 Å². The van der Waals surface area contributed by atoms with Crippen LogP contribution in [0.1, 0.15) is 13.8 Å². The molecule has 1 aromatic heterocycles. The van der Waals surface area contributed by atoms with Gasteiger partial charge < -0.3 is 4.90 Å². The van der Waals surface area contributed by atoms with E-state index in [1.807, 2.05) is 0 Å². The highest BCUT2D eigenvalue weighted by atomic mass is 32.2. The number of rotatable bonds is 5.